The number of amides is 1. The second-order valence-electron chi connectivity index (χ2n) is 6.99. The molecule has 32 heavy (non-hydrogen) atoms. The Labute approximate surface area is 191 Å². The number of hydrogen-bond acceptors (Lipinski definition) is 7. The zero-order chi connectivity index (χ0) is 22.8. The molecule has 0 unspecified atom stereocenters. The highest BCUT2D eigenvalue weighted by Gasteiger charge is 2.19. The maximum Gasteiger partial charge on any atom is 0.279 e. The van der Waals surface area contributed by atoms with Crippen molar-refractivity contribution in [2.45, 2.75) is 20.3 Å². The minimum absolute atomic E-state index is 0.0461. The fraction of sp³-hybridized carbons (Fsp3) is 0.143. The molecule has 0 atom stereocenters. The minimum atomic E-state index is -0.430. The summed E-state index contributed by atoms with van der Waals surface area (Å²) in [7, 11) is 0. The Morgan fingerprint density at radius 2 is 1.84 bits per heavy atom. The number of non-ortho nitro benzene ring substituents is 1. The molecule has 2 aromatic heterocycles. The number of nitrogens with zero attached hydrogens (tertiary/aromatic N) is 5. The number of nitrogens with one attached hydrogen (secondary N) is 1. The lowest BCUT2D eigenvalue weighted by molar-refractivity contribution is -0.384. The third-order valence-corrected chi connectivity index (χ3v) is 6.13. The van der Waals surface area contributed by atoms with Crippen LogP contribution in [0.2, 0.25) is 5.02 Å². The summed E-state index contributed by atoms with van der Waals surface area (Å²) in [4.78, 5) is 28.5. The number of carbonyl (C=O) groups excluding carboxylic acids is 1. The van der Waals surface area contributed by atoms with Crippen LogP contribution in [0.25, 0.3) is 5.69 Å². The largest absolute Gasteiger partial charge is 0.296 e. The van der Waals surface area contributed by atoms with Crippen LogP contribution < -0.4 is 5.32 Å². The molecule has 0 aliphatic rings. The first-order valence-corrected chi connectivity index (χ1v) is 10.7. The topological polar surface area (TPSA) is 116 Å². The SMILES string of the molecule is Cc1nc(NC(=O)c2nnn(-c3ccc(Cl)cc3)c2C)sc1Cc1ccc([N+](=O)[O-])cc1. The lowest BCUT2D eigenvalue weighted by Crippen LogP contribution is -2.14. The van der Waals surface area contributed by atoms with Crippen molar-refractivity contribution < 1.29 is 9.72 Å². The number of thiazole rings is 1. The van der Waals surface area contributed by atoms with Gasteiger partial charge in [-0.3, -0.25) is 20.2 Å². The molecule has 4 rings (SSSR count). The van der Waals surface area contributed by atoms with Gasteiger partial charge in [0.1, 0.15) is 0 Å². The molecule has 4 aromatic rings. The Morgan fingerprint density at radius 1 is 1.16 bits per heavy atom. The molecule has 1 N–H and O–H groups in total. The van der Waals surface area contributed by atoms with E-state index in [9.17, 15) is 14.9 Å². The zero-order valence-electron chi connectivity index (χ0n) is 17.1. The molecule has 0 radical (unpaired) electrons. The first-order valence-electron chi connectivity index (χ1n) is 9.51. The predicted molar refractivity (Wildman–Crippen MR) is 122 cm³/mol. The maximum atomic E-state index is 12.8. The summed E-state index contributed by atoms with van der Waals surface area (Å²) in [5, 5.41) is 22.7. The van der Waals surface area contributed by atoms with Crippen molar-refractivity contribution in [2.75, 3.05) is 5.32 Å². The summed E-state index contributed by atoms with van der Waals surface area (Å²) in [6.07, 6.45) is 0.559. The average molecular weight is 469 g/mol. The fourth-order valence-corrected chi connectivity index (χ4v) is 4.21. The van der Waals surface area contributed by atoms with Crippen molar-refractivity contribution in [2.24, 2.45) is 0 Å². The molecule has 0 spiro atoms. The van der Waals surface area contributed by atoms with E-state index in [4.69, 9.17) is 11.6 Å². The lowest BCUT2D eigenvalue weighted by Gasteiger charge is -2.04. The van der Waals surface area contributed by atoms with E-state index in [0.29, 0.717) is 22.3 Å². The molecule has 0 fully saturated rings. The molecule has 11 heteroatoms. The summed E-state index contributed by atoms with van der Waals surface area (Å²) < 4.78 is 1.57. The van der Waals surface area contributed by atoms with Crippen LogP contribution in [-0.4, -0.2) is 30.8 Å². The molecule has 0 saturated heterocycles. The highest BCUT2D eigenvalue weighted by molar-refractivity contribution is 7.15. The Kier molecular flexibility index (Phi) is 5.97. The first-order chi connectivity index (χ1) is 15.3. The smallest absolute Gasteiger partial charge is 0.279 e. The Hall–Kier alpha value is -3.63. The van der Waals surface area contributed by atoms with Crippen molar-refractivity contribution in [3.63, 3.8) is 0 Å². The van der Waals surface area contributed by atoms with Crippen molar-refractivity contribution in [1.82, 2.24) is 20.0 Å². The molecule has 0 aliphatic carbocycles. The van der Waals surface area contributed by atoms with Crippen molar-refractivity contribution in [3.05, 3.63) is 91.2 Å². The molecular weight excluding hydrogens is 452 g/mol. The number of hydrogen-bond donors (Lipinski definition) is 1. The van der Waals surface area contributed by atoms with Gasteiger partial charge in [-0.2, -0.15) is 0 Å². The number of carbonyl (C=O) groups is 1. The Morgan fingerprint density at radius 3 is 2.50 bits per heavy atom. The van der Waals surface area contributed by atoms with E-state index in [1.807, 2.05) is 6.92 Å². The van der Waals surface area contributed by atoms with Gasteiger partial charge in [0.2, 0.25) is 0 Å². The monoisotopic (exact) mass is 468 g/mol. The van der Waals surface area contributed by atoms with Crippen LogP contribution in [0.15, 0.2) is 48.5 Å². The zero-order valence-corrected chi connectivity index (χ0v) is 18.6. The lowest BCUT2D eigenvalue weighted by atomic mass is 10.1. The third kappa shape index (κ3) is 4.51. The molecule has 0 bridgehead atoms. The van der Waals surface area contributed by atoms with Gasteiger partial charge in [0.15, 0.2) is 10.8 Å². The summed E-state index contributed by atoms with van der Waals surface area (Å²) >= 11 is 7.28. The molecular formula is C21H17ClN6O3S. The fourth-order valence-electron chi connectivity index (χ4n) is 3.09. The van der Waals surface area contributed by atoms with Crippen molar-refractivity contribution in [1.29, 1.82) is 0 Å². The maximum absolute atomic E-state index is 12.8. The summed E-state index contributed by atoms with van der Waals surface area (Å²) in [6, 6.07) is 13.4. The number of anilines is 1. The van der Waals surface area contributed by atoms with Gasteiger partial charge >= 0.3 is 0 Å². The van der Waals surface area contributed by atoms with Gasteiger partial charge in [-0.25, -0.2) is 9.67 Å². The molecule has 2 heterocycles. The third-order valence-electron chi connectivity index (χ3n) is 4.81. The number of nitro benzene ring substituents is 1. The van der Waals surface area contributed by atoms with Crippen molar-refractivity contribution >= 4 is 39.7 Å². The van der Waals surface area contributed by atoms with E-state index in [-0.39, 0.29) is 11.4 Å². The average Bonchev–Trinajstić information content (AvgIpc) is 3.31. The standard InChI is InChI=1S/C21H17ClN6O3S/c1-12-18(11-14-3-7-17(8-4-14)28(30)31)32-21(23-12)24-20(29)19-13(2)27(26-25-19)16-9-5-15(22)6-10-16/h3-10H,11H2,1-2H3,(H,23,24,29). The number of aryl methyl sites for hydroxylation is 1. The summed E-state index contributed by atoms with van der Waals surface area (Å²) in [6.45, 7) is 3.62. The number of rotatable bonds is 6. The van der Waals surface area contributed by atoms with Gasteiger partial charge in [-0.15, -0.1) is 16.4 Å². The second-order valence-corrected chi connectivity index (χ2v) is 8.51. The predicted octanol–water partition coefficient (Wildman–Crippen LogP) is 4.75. The van der Waals surface area contributed by atoms with Gasteiger partial charge in [0, 0.05) is 28.5 Å². The minimum Gasteiger partial charge on any atom is -0.296 e. The number of nitro groups is 1. The Balaban J connectivity index is 1.48. The van der Waals surface area contributed by atoms with Gasteiger partial charge < -0.3 is 0 Å². The highest BCUT2D eigenvalue weighted by atomic mass is 35.5. The van der Waals surface area contributed by atoms with Crippen LogP contribution in [0, 0.1) is 24.0 Å². The van der Waals surface area contributed by atoms with E-state index >= 15 is 0 Å². The van der Waals surface area contributed by atoms with Gasteiger partial charge in [-0.05, 0) is 43.7 Å². The molecule has 2 aromatic carbocycles. The van der Waals surface area contributed by atoms with Gasteiger partial charge in [0.25, 0.3) is 11.6 Å². The van der Waals surface area contributed by atoms with Crippen molar-refractivity contribution in [3.8, 4) is 5.69 Å². The molecule has 1 amide bonds. The van der Waals surface area contributed by atoms with Crippen LogP contribution in [0.3, 0.4) is 0 Å². The van der Waals surface area contributed by atoms with Gasteiger partial charge in [-0.1, -0.05) is 28.9 Å². The van der Waals surface area contributed by atoms with Crippen LogP contribution in [0.1, 0.15) is 32.3 Å². The van der Waals surface area contributed by atoms with E-state index in [1.54, 1.807) is 48.0 Å². The van der Waals surface area contributed by atoms with Gasteiger partial charge in [0.05, 0.1) is 22.0 Å². The molecule has 0 aliphatic heterocycles. The molecule has 162 valence electrons. The first kappa shape index (κ1) is 21.6. The Bertz CT molecular complexity index is 1300. The van der Waals surface area contributed by atoms with E-state index < -0.39 is 10.8 Å². The molecule has 9 nitrogen and oxygen atoms in total. The normalized spacial score (nSPS) is 10.8. The second kappa shape index (κ2) is 8.85. The summed E-state index contributed by atoms with van der Waals surface area (Å²) in [5.74, 6) is -0.404. The van der Waals surface area contributed by atoms with Crippen LogP contribution in [-0.2, 0) is 6.42 Å². The van der Waals surface area contributed by atoms with Crippen LogP contribution >= 0.6 is 22.9 Å². The highest BCUT2D eigenvalue weighted by Crippen LogP contribution is 2.26. The van der Waals surface area contributed by atoms with Crippen LogP contribution in [0.4, 0.5) is 10.8 Å². The number of benzene rings is 2. The number of aromatic nitrogens is 4. The van der Waals surface area contributed by atoms with E-state index in [2.05, 4.69) is 20.6 Å². The molecule has 0 saturated carbocycles. The van der Waals surface area contributed by atoms with E-state index in [0.717, 1.165) is 21.8 Å². The quantitative estimate of drug-likeness (QED) is 0.322. The van der Waals surface area contributed by atoms with Crippen LogP contribution in [0.5, 0.6) is 0 Å². The number of halogens is 1. The summed E-state index contributed by atoms with van der Waals surface area (Å²) in [5.41, 5.74) is 3.28. The van der Waals surface area contributed by atoms with E-state index in [1.165, 1.54) is 23.5 Å².